The lowest BCUT2D eigenvalue weighted by Crippen LogP contribution is -2.43. The van der Waals surface area contributed by atoms with Gasteiger partial charge in [-0.25, -0.2) is 0 Å². The molecule has 0 saturated carbocycles. The van der Waals surface area contributed by atoms with Gasteiger partial charge in [-0.2, -0.15) is 0 Å². The summed E-state index contributed by atoms with van der Waals surface area (Å²) in [5.74, 6) is -1.61. The maximum Gasteiger partial charge on any atom is 0.323 e. The van der Waals surface area contributed by atoms with E-state index in [1.165, 1.54) is 11.8 Å². The molecular formula is C19H25N3O6. The highest BCUT2D eigenvalue weighted by Gasteiger charge is 2.27. The van der Waals surface area contributed by atoms with Crippen LogP contribution in [0.3, 0.4) is 0 Å². The minimum Gasteiger partial charge on any atom is -0.484 e. The number of likely N-dealkylation sites (tertiary alicyclic amines) is 1. The monoisotopic (exact) mass is 391 g/mol. The number of nitrogens with two attached hydrogens (primary N) is 1. The first-order valence-electron chi connectivity index (χ1n) is 9.07. The first kappa shape index (κ1) is 21.2. The van der Waals surface area contributed by atoms with Crippen LogP contribution in [0.1, 0.15) is 36.5 Å². The van der Waals surface area contributed by atoms with Gasteiger partial charge in [0.2, 0.25) is 5.91 Å². The summed E-state index contributed by atoms with van der Waals surface area (Å²) in [4.78, 5) is 49.4. The smallest absolute Gasteiger partial charge is 0.323 e. The van der Waals surface area contributed by atoms with Gasteiger partial charge in [0.1, 0.15) is 12.3 Å². The third-order valence-corrected chi connectivity index (χ3v) is 4.62. The second-order valence-corrected chi connectivity index (χ2v) is 6.70. The molecule has 0 bridgehead atoms. The van der Waals surface area contributed by atoms with Crippen molar-refractivity contribution in [3.8, 4) is 5.75 Å². The van der Waals surface area contributed by atoms with Crippen molar-refractivity contribution in [1.29, 1.82) is 0 Å². The van der Waals surface area contributed by atoms with Gasteiger partial charge >= 0.3 is 5.97 Å². The zero-order valence-corrected chi connectivity index (χ0v) is 15.8. The SMILES string of the molecule is CC(=O)N(CC(=O)O)C1CCCN(C(=O)c2ccc(OCC(N)=O)cc2)CC1. The Labute approximate surface area is 163 Å². The van der Waals surface area contributed by atoms with E-state index in [2.05, 4.69) is 0 Å². The van der Waals surface area contributed by atoms with Crippen LogP contribution in [0.25, 0.3) is 0 Å². The molecule has 152 valence electrons. The predicted molar refractivity (Wildman–Crippen MR) is 99.7 cm³/mol. The molecule has 2 rings (SSSR count). The molecule has 9 heteroatoms. The maximum atomic E-state index is 12.8. The van der Waals surface area contributed by atoms with Crippen molar-refractivity contribution >= 4 is 23.7 Å². The largest absolute Gasteiger partial charge is 0.484 e. The Balaban J connectivity index is 1.99. The van der Waals surface area contributed by atoms with E-state index in [-0.39, 0.29) is 31.0 Å². The fraction of sp³-hybridized carbons (Fsp3) is 0.474. The van der Waals surface area contributed by atoms with Crippen LogP contribution in [0.15, 0.2) is 24.3 Å². The average molecular weight is 391 g/mol. The number of nitrogens with zero attached hydrogens (tertiary/aromatic N) is 2. The van der Waals surface area contributed by atoms with Crippen molar-refractivity contribution in [2.45, 2.75) is 32.2 Å². The third kappa shape index (κ3) is 5.97. The molecular weight excluding hydrogens is 366 g/mol. The van der Waals surface area contributed by atoms with Crippen LogP contribution in [0, 0.1) is 0 Å². The van der Waals surface area contributed by atoms with Crippen LogP contribution in [-0.2, 0) is 14.4 Å². The molecule has 1 aromatic carbocycles. The maximum absolute atomic E-state index is 12.8. The zero-order valence-electron chi connectivity index (χ0n) is 15.8. The first-order valence-corrected chi connectivity index (χ1v) is 9.07. The van der Waals surface area contributed by atoms with Gasteiger partial charge in [-0.05, 0) is 43.5 Å². The Hall–Kier alpha value is -3.10. The van der Waals surface area contributed by atoms with Gasteiger partial charge in [-0.15, -0.1) is 0 Å². The molecule has 0 radical (unpaired) electrons. The molecule has 1 saturated heterocycles. The summed E-state index contributed by atoms with van der Waals surface area (Å²) in [6.45, 7) is 1.77. The number of primary amides is 1. The molecule has 1 aliphatic heterocycles. The molecule has 3 N–H and O–H groups in total. The molecule has 0 aromatic heterocycles. The molecule has 3 amide bonds. The van der Waals surface area contributed by atoms with E-state index in [9.17, 15) is 19.2 Å². The minimum absolute atomic E-state index is 0.144. The van der Waals surface area contributed by atoms with Crippen LogP contribution >= 0.6 is 0 Å². The quantitative estimate of drug-likeness (QED) is 0.695. The second kappa shape index (κ2) is 9.72. The number of rotatable bonds is 7. The Morgan fingerprint density at radius 2 is 1.86 bits per heavy atom. The normalized spacial score (nSPS) is 16.8. The van der Waals surface area contributed by atoms with Crippen molar-refractivity contribution in [2.75, 3.05) is 26.2 Å². The van der Waals surface area contributed by atoms with Crippen molar-refractivity contribution in [3.63, 3.8) is 0 Å². The molecule has 28 heavy (non-hydrogen) atoms. The van der Waals surface area contributed by atoms with Crippen LogP contribution in [-0.4, -0.2) is 70.9 Å². The summed E-state index contributed by atoms with van der Waals surface area (Å²) < 4.78 is 5.18. The highest BCUT2D eigenvalue weighted by atomic mass is 16.5. The summed E-state index contributed by atoms with van der Waals surface area (Å²) in [7, 11) is 0. The second-order valence-electron chi connectivity index (χ2n) is 6.70. The Kier molecular flexibility index (Phi) is 7.36. The summed E-state index contributed by atoms with van der Waals surface area (Å²) in [6.07, 6.45) is 1.86. The van der Waals surface area contributed by atoms with E-state index < -0.39 is 11.9 Å². The van der Waals surface area contributed by atoms with Crippen LogP contribution < -0.4 is 10.5 Å². The standard InChI is InChI=1S/C19H25N3O6/c1-13(23)22(11-18(25)26)15-3-2-9-21(10-8-15)19(27)14-4-6-16(7-5-14)28-12-17(20)24/h4-7,15H,2-3,8-12H2,1H3,(H2,20,24)(H,25,26). The van der Waals surface area contributed by atoms with Crippen LogP contribution in [0.5, 0.6) is 5.75 Å². The van der Waals surface area contributed by atoms with Gasteiger partial charge in [0.15, 0.2) is 6.61 Å². The highest BCUT2D eigenvalue weighted by Crippen LogP contribution is 2.20. The summed E-state index contributed by atoms with van der Waals surface area (Å²) >= 11 is 0. The van der Waals surface area contributed by atoms with E-state index in [1.807, 2.05) is 0 Å². The molecule has 0 spiro atoms. The summed E-state index contributed by atoms with van der Waals surface area (Å²) in [5, 5.41) is 9.02. The lowest BCUT2D eigenvalue weighted by molar-refractivity contribution is -0.145. The van der Waals surface area contributed by atoms with Gasteiger partial charge in [-0.1, -0.05) is 0 Å². The third-order valence-electron chi connectivity index (χ3n) is 4.62. The molecule has 1 atom stereocenters. The van der Waals surface area contributed by atoms with Crippen molar-refractivity contribution in [1.82, 2.24) is 9.80 Å². The first-order chi connectivity index (χ1) is 13.3. The van der Waals surface area contributed by atoms with Gasteiger partial charge in [0, 0.05) is 31.6 Å². The topological polar surface area (TPSA) is 130 Å². The summed E-state index contributed by atoms with van der Waals surface area (Å²) in [6, 6.07) is 6.24. The predicted octanol–water partition coefficient (Wildman–Crippen LogP) is 0.479. The van der Waals surface area contributed by atoms with Gasteiger partial charge in [-0.3, -0.25) is 19.2 Å². The number of carboxylic acid groups (broad SMARTS) is 1. The van der Waals surface area contributed by atoms with Gasteiger partial charge in [0.05, 0.1) is 0 Å². The summed E-state index contributed by atoms with van der Waals surface area (Å²) in [5.41, 5.74) is 5.51. The number of ether oxygens (including phenoxy) is 1. The van der Waals surface area contributed by atoms with Crippen molar-refractivity contribution in [3.05, 3.63) is 29.8 Å². The highest BCUT2D eigenvalue weighted by molar-refractivity contribution is 5.94. The van der Waals surface area contributed by atoms with Crippen molar-refractivity contribution in [2.24, 2.45) is 5.73 Å². The van der Waals surface area contributed by atoms with Gasteiger partial charge < -0.3 is 25.4 Å². The van der Waals surface area contributed by atoms with Crippen LogP contribution in [0.4, 0.5) is 0 Å². The number of carboxylic acids is 1. The molecule has 1 aromatic rings. The number of amides is 3. The Morgan fingerprint density at radius 3 is 2.43 bits per heavy atom. The molecule has 1 heterocycles. The van der Waals surface area contributed by atoms with E-state index in [1.54, 1.807) is 29.2 Å². The Morgan fingerprint density at radius 1 is 1.18 bits per heavy atom. The number of hydrogen-bond acceptors (Lipinski definition) is 5. The number of benzene rings is 1. The number of carbonyl (C=O) groups is 4. The molecule has 0 aliphatic carbocycles. The Bertz CT molecular complexity index is 734. The van der Waals surface area contributed by atoms with Crippen LogP contribution in [0.2, 0.25) is 0 Å². The molecule has 1 aliphatic rings. The number of aliphatic carboxylic acids is 1. The van der Waals surface area contributed by atoms with E-state index in [4.69, 9.17) is 15.6 Å². The van der Waals surface area contributed by atoms with E-state index in [0.29, 0.717) is 43.7 Å². The van der Waals surface area contributed by atoms with Crippen molar-refractivity contribution < 1.29 is 29.0 Å². The fourth-order valence-corrected chi connectivity index (χ4v) is 3.27. The van der Waals surface area contributed by atoms with Gasteiger partial charge in [0.25, 0.3) is 11.8 Å². The average Bonchev–Trinajstić information content (AvgIpc) is 2.90. The lowest BCUT2D eigenvalue weighted by atomic mass is 10.1. The molecule has 1 unspecified atom stereocenters. The number of hydrogen-bond donors (Lipinski definition) is 2. The fourth-order valence-electron chi connectivity index (χ4n) is 3.27. The molecule has 9 nitrogen and oxygen atoms in total. The zero-order chi connectivity index (χ0) is 20.7. The minimum atomic E-state index is -1.05. The molecule has 1 fully saturated rings. The van der Waals surface area contributed by atoms with E-state index >= 15 is 0 Å². The van der Waals surface area contributed by atoms with E-state index in [0.717, 1.165) is 0 Å². The number of carbonyl (C=O) groups excluding carboxylic acids is 3. The lowest BCUT2D eigenvalue weighted by Gasteiger charge is -2.28.